The second-order valence-electron chi connectivity index (χ2n) is 18.0. The van der Waals surface area contributed by atoms with E-state index in [0.717, 1.165) is 85.6 Å². The van der Waals surface area contributed by atoms with E-state index in [1.54, 1.807) is 48.5 Å². The van der Waals surface area contributed by atoms with Gasteiger partial charge in [0.05, 0.1) is 59.2 Å². The van der Waals surface area contributed by atoms with Gasteiger partial charge in [0.15, 0.2) is 5.82 Å². The standard InChI is InChI=1S/C59H69N11O2/c1-4-47-21-27-50(28-22-47)57-62-58(69(2)41-17-13-9-5-7-11-15-19-43-71-55-37-33-53(34-38-55)67-65-51-29-23-48(45-60)24-30-51)64-59(63-57)70(3)42-18-14-10-6-8-12-16-20-44-72-56-39-35-54(36-40-56)68-66-52-31-25-49(46-61)26-32-52/h4,21-40H,1,5-20,41-44H2,2-3H3. The van der Waals surface area contributed by atoms with Crippen molar-refractivity contribution in [2.75, 3.05) is 50.2 Å². The van der Waals surface area contributed by atoms with Crippen LogP contribution in [0.15, 0.2) is 148 Å². The zero-order valence-corrected chi connectivity index (χ0v) is 42.2. The third-order valence-corrected chi connectivity index (χ3v) is 12.2. The van der Waals surface area contributed by atoms with Crippen molar-refractivity contribution in [1.82, 2.24) is 15.0 Å². The predicted molar refractivity (Wildman–Crippen MR) is 290 cm³/mol. The number of hydrogen-bond acceptors (Lipinski definition) is 13. The topological polar surface area (TPSA) is 161 Å². The molecule has 0 amide bonds. The van der Waals surface area contributed by atoms with Gasteiger partial charge in [0.1, 0.15) is 11.5 Å². The highest BCUT2D eigenvalue weighted by molar-refractivity contribution is 5.61. The first-order chi connectivity index (χ1) is 35.4. The Labute approximate surface area is 427 Å². The molecule has 372 valence electrons. The summed E-state index contributed by atoms with van der Waals surface area (Å²) in [6.45, 7) is 7.09. The predicted octanol–water partition coefficient (Wildman–Crippen LogP) is 16.0. The van der Waals surface area contributed by atoms with E-state index < -0.39 is 0 Å². The van der Waals surface area contributed by atoms with Gasteiger partial charge in [-0.3, -0.25) is 0 Å². The van der Waals surface area contributed by atoms with Crippen LogP contribution >= 0.6 is 0 Å². The van der Waals surface area contributed by atoms with Gasteiger partial charge in [0, 0.05) is 32.7 Å². The molecule has 5 aromatic carbocycles. The van der Waals surface area contributed by atoms with E-state index in [1.165, 1.54) is 64.2 Å². The summed E-state index contributed by atoms with van der Waals surface area (Å²) in [5.74, 6) is 3.78. The van der Waals surface area contributed by atoms with Crippen molar-refractivity contribution in [3.05, 3.63) is 145 Å². The van der Waals surface area contributed by atoms with E-state index in [1.807, 2.05) is 54.6 Å². The monoisotopic (exact) mass is 964 g/mol. The zero-order chi connectivity index (χ0) is 50.4. The first kappa shape index (κ1) is 53.6. The van der Waals surface area contributed by atoms with Gasteiger partial charge in [-0.2, -0.15) is 45.9 Å². The highest BCUT2D eigenvalue weighted by Gasteiger charge is 2.15. The van der Waals surface area contributed by atoms with Gasteiger partial charge in [-0.1, -0.05) is 114 Å². The van der Waals surface area contributed by atoms with E-state index in [4.69, 9.17) is 34.9 Å². The normalized spacial score (nSPS) is 11.1. The number of ether oxygens (including phenoxy) is 2. The molecule has 13 heteroatoms. The fraction of sp³-hybridized carbons (Fsp3) is 0.373. The molecule has 13 nitrogen and oxygen atoms in total. The lowest BCUT2D eigenvalue weighted by Gasteiger charge is -2.22. The lowest BCUT2D eigenvalue weighted by molar-refractivity contribution is 0.304. The lowest BCUT2D eigenvalue weighted by atomic mass is 10.1. The number of nitrogens with zero attached hydrogens (tertiary/aromatic N) is 11. The maximum absolute atomic E-state index is 8.95. The summed E-state index contributed by atoms with van der Waals surface area (Å²) in [4.78, 5) is 19.2. The molecule has 6 rings (SSSR count). The Kier molecular flexibility index (Phi) is 22.9. The molecule has 0 saturated heterocycles. The van der Waals surface area contributed by atoms with Crippen molar-refractivity contribution in [1.29, 1.82) is 10.5 Å². The summed E-state index contributed by atoms with van der Waals surface area (Å²) in [6, 6.07) is 41.8. The molecule has 72 heavy (non-hydrogen) atoms. The molecule has 1 heterocycles. The summed E-state index contributed by atoms with van der Waals surface area (Å²) in [5.41, 5.74) is 6.15. The zero-order valence-electron chi connectivity index (χ0n) is 42.2. The van der Waals surface area contributed by atoms with Crippen molar-refractivity contribution >= 4 is 40.7 Å². The van der Waals surface area contributed by atoms with E-state index in [0.29, 0.717) is 53.4 Å². The molecule has 0 unspecified atom stereocenters. The summed E-state index contributed by atoms with van der Waals surface area (Å²) < 4.78 is 11.9. The van der Waals surface area contributed by atoms with Crippen LogP contribution in [0, 0.1) is 22.7 Å². The van der Waals surface area contributed by atoms with E-state index >= 15 is 0 Å². The second kappa shape index (κ2) is 30.8. The molecule has 0 saturated carbocycles. The average molecular weight is 964 g/mol. The Bertz CT molecular complexity index is 2500. The van der Waals surface area contributed by atoms with Crippen LogP contribution in [0.1, 0.15) is 119 Å². The van der Waals surface area contributed by atoms with Crippen molar-refractivity contribution in [2.24, 2.45) is 20.5 Å². The van der Waals surface area contributed by atoms with E-state index in [-0.39, 0.29) is 0 Å². The largest absolute Gasteiger partial charge is 0.494 e. The van der Waals surface area contributed by atoms with Gasteiger partial charge >= 0.3 is 0 Å². The minimum absolute atomic E-state index is 0.602. The van der Waals surface area contributed by atoms with Crippen molar-refractivity contribution < 1.29 is 9.47 Å². The van der Waals surface area contributed by atoms with Crippen LogP contribution in [-0.2, 0) is 0 Å². The molecule has 0 fully saturated rings. The molecular formula is C59H69N11O2. The van der Waals surface area contributed by atoms with Crippen LogP contribution in [0.2, 0.25) is 0 Å². The Hall–Kier alpha value is -7.77. The Morgan fingerprint density at radius 2 is 0.778 bits per heavy atom. The van der Waals surface area contributed by atoms with Crippen molar-refractivity contribution in [2.45, 2.75) is 103 Å². The highest BCUT2D eigenvalue weighted by Crippen LogP contribution is 2.26. The van der Waals surface area contributed by atoms with Gasteiger partial charge in [-0.25, -0.2) is 0 Å². The SMILES string of the molecule is C=Cc1ccc(-c2nc(N(C)CCCCCCCCCCOc3ccc(N=Nc4ccc(C#N)cc4)cc3)nc(N(C)CCCCCCCCCCOc3ccc(N=Nc4ccc(C#N)cc4)cc3)n2)cc1. The molecule has 0 aliphatic rings. The fourth-order valence-electron chi connectivity index (χ4n) is 7.85. The van der Waals surface area contributed by atoms with Crippen LogP contribution in [0.5, 0.6) is 11.5 Å². The summed E-state index contributed by atoms with van der Waals surface area (Å²) in [6.07, 6.45) is 20.6. The van der Waals surface area contributed by atoms with E-state index in [9.17, 15) is 0 Å². The van der Waals surface area contributed by atoms with Crippen LogP contribution in [-0.4, -0.2) is 55.4 Å². The van der Waals surface area contributed by atoms with Gasteiger partial charge in [0.25, 0.3) is 0 Å². The van der Waals surface area contributed by atoms with Crippen LogP contribution in [0.3, 0.4) is 0 Å². The lowest BCUT2D eigenvalue weighted by Crippen LogP contribution is -2.26. The number of anilines is 2. The summed E-state index contributed by atoms with van der Waals surface area (Å²) >= 11 is 0. The minimum Gasteiger partial charge on any atom is -0.494 e. The van der Waals surface area contributed by atoms with Crippen molar-refractivity contribution in [3.8, 4) is 35.0 Å². The number of aromatic nitrogens is 3. The molecular weight excluding hydrogens is 895 g/mol. The summed E-state index contributed by atoms with van der Waals surface area (Å²) in [5, 5.41) is 34.9. The van der Waals surface area contributed by atoms with Crippen LogP contribution in [0.25, 0.3) is 17.5 Å². The smallest absolute Gasteiger partial charge is 0.230 e. The third-order valence-electron chi connectivity index (χ3n) is 12.2. The Morgan fingerprint density at radius 1 is 0.444 bits per heavy atom. The number of benzene rings is 5. The van der Waals surface area contributed by atoms with E-state index in [2.05, 4.69) is 87.3 Å². The second-order valence-corrected chi connectivity index (χ2v) is 18.0. The van der Waals surface area contributed by atoms with Crippen LogP contribution in [0.4, 0.5) is 34.6 Å². The Morgan fingerprint density at radius 3 is 1.12 bits per heavy atom. The maximum atomic E-state index is 8.95. The molecule has 0 aliphatic carbocycles. The Balaban J connectivity index is 0.814. The highest BCUT2D eigenvalue weighted by atomic mass is 16.5. The number of hydrogen-bond donors (Lipinski definition) is 0. The molecule has 0 aliphatic heterocycles. The van der Waals surface area contributed by atoms with Gasteiger partial charge in [0.2, 0.25) is 11.9 Å². The van der Waals surface area contributed by atoms with Crippen molar-refractivity contribution in [3.63, 3.8) is 0 Å². The number of nitriles is 2. The fourth-order valence-corrected chi connectivity index (χ4v) is 7.85. The number of rotatable bonds is 32. The van der Waals surface area contributed by atoms with Crippen LogP contribution < -0.4 is 19.3 Å². The quantitative estimate of drug-likeness (QED) is 0.0296. The number of azo groups is 2. The molecule has 6 aromatic rings. The summed E-state index contributed by atoms with van der Waals surface area (Å²) in [7, 11) is 4.18. The van der Waals surface area contributed by atoms with Gasteiger partial charge < -0.3 is 19.3 Å². The third kappa shape index (κ3) is 19.2. The molecule has 0 radical (unpaired) electrons. The van der Waals surface area contributed by atoms with Gasteiger partial charge in [-0.05, 0) is 128 Å². The molecule has 0 spiro atoms. The average Bonchev–Trinajstić information content (AvgIpc) is 3.43. The first-order valence-corrected chi connectivity index (χ1v) is 25.6. The molecule has 0 bridgehead atoms. The van der Waals surface area contributed by atoms with Gasteiger partial charge in [-0.15, -0.1) is 0 Å². The maximum Gasteiger partial charge on any atom is 0.230 e. The molecule has 0 atom stereocenters. The minimum atomic E-state index is 0.602. The number of unbranched alkanes of at least 4 members (excludes halogenated alkanes) is 14. The molecule has 1 aromatic heterocycles. The molecule has 0 N–H and O–H groups in total. The first-order valence-electron chi connectivity index (χ1n) is 25.6.